The zero-order chi connectivity index (χ0) is 12.4. The van der Waals surface area contributed by atoms with Crippen LogP contribution >= 0.6 is 0 Å². The highest BCUT2D eigenvalue weighted by molar-refractivity contribution is 5.96. The lowest BCUT2D eigenvalue weighted by Gasteiger charge is -2.06. The van der Waals surface area contributed by atoms with Gasteiger partial charge in [-0.05, 0) is 19.1 Å². The van der Waals surface area contributed by atoms with E-state index in [1.165, 1.54) is 16.8 Å². The van der Waals surface area contributed by atoms with E-state index in [-0.39, 0.29) is 6.54 Å². The molecule has 1 heterocycles. The summed E-state index contributed by atoms with van der Waals surface area (Å²) in [6.45, 7) is 1.59. The third-order valence-corrected chi connectivity index (χ3v) is 2.48. The molecule has 0 unspecified atom stereocenters. The number of hydrogen-bond acceptors (Lipinski definition) is 2. The van der Waals surface area contributed by atoms with Crippen LogP contribution in [0.25, 0.3) is 0 Å². The monoisotopic (exact) mass is 236 g/mol. The van der Waals surface area contributed by atoms with Crippen molar-refractivity contribution in [2.45, 2.75) is 13.5 Å². The van der Waals surface area contributed by atoms with Gasteiger partial charge in [-0.1, -0.05) is 6.07 Å². The number of ketones is 1. The molecule has 0 bridgehead atoms. The van der Waals surface area contributed by atoms with Gasteiger partial charge in [0.1, 0.15) is 17.5 Å². The Labute approximate surface area is 96.7 Å². The largest absolute Gasteiger partial charge is 0.327 e. The van der Waals surface area contributed by atoms with Gasteiger partial charge in [-0.2, -0.15) is 0 Å². The molecular weight excluding hydrogens is 226 g/mol. The minimum atomic E-state index is -0.840. The Morgan fingerprint density at radius 3 is 2.53 bits per heavy atom. The van der Waals surface area contributed by atoms with Crippen molar-refractivity contribution in [1.82, 2.24) is 9.55 Å². The Balaban J connectivity index is 2.30. The number of carbonyl (C=O) groups excluding carboxylic acids is 1. The van der Waals surface area contributed by atoms with E-state index in [4.69, 9.17) is 0 Å². The number of aromatic nitrogens is 2. The van der Waals surface area contributed by atoms with Crippen LogP contribution in [0.15, 0.2) is 30.6 Å². The lowest BCUT2D eigenvalue weighted by Crippen LogP contribution is -2.14. The Morgan fingerprint density at radius 1 is 1.35 bits per heavy atom. The molecule has 2 rings (SSSR count). The Hall–Kier alpha value is -2.04. The van der Waals surface area contributed by atoms with E-state index in [0.717, 1.165) is 12.1 Å². The molecule has 5 heteroatoms. The number of rotatable bonds is 3. The van der Waals surface area contributed by atoms with E-state index >= 15 is 0 Å². The first kappa shape index (κ1) is 11.4. The van der Waals surface area contributed by atoms with Crippen LogP contribution in [0.3, 0.4) is 0 Å². The van der Waals surface area contributed by atoms with Crippen molar-refractivity contribution < 1.29 is 13.6 Å². The van der Waals surface area contributed by atoms with Crippen molar-refractivity contribution in [3.8, 4) is 0 Å². The molecule has 0 aliphatic carbocycles. The fourth-order valence-corrected chi connectivity index (χ4v) is 1.57. The van der Waals surface area contributed by atoms with Crippen molar-refractivity contribution in [2.24, 2.45) is 0 Å². The normalized spacial score (nSPS) is 10.5. The van der Waals surface area contributed by atoms with Crippen LogP contribution in [0.4, 0.5) is 8.78 Å². The lowest BCUT2D eigenvalue weighted by molar-refractivity contribution is 0.0963. The highest BCUT2D eigenvalue weighted by Crippen LogP contribution is 2.14. The molecule has 0 fully saturated rings. The maximum atomic E-state index is 13.3. The predicted molar refractivity (Wildman–Crippen MR) is 57.7 cm³/mol. The van der Waals surface area contributed by atoms with Crippen molar-refractivity contribution in [3.05, 3.63) is 53.6 Å². The first-order valence-corrected chi connectivity index (χ1v) is 5.04. The molecule has 0 saturated carbocycles. The summed E-state index contributed by atoms with van der Waals surface area (Å²) in [5.74, 6) is -1.67. The Kier molecular flexibility index (Phi) is 2.99. The van der Waals surface area contributed by atoms with E-state index in [1.54, 1.807) is 13.1 Å². The van der Waals surface area contributed by atoms with Gasteiger partial charge in [-0.15, -0.1) is 0 Å². The topological polar surface area (TPSA) is 34.9 Å². The summed E-state index contributed by atoms with van der Waals surface area (Å²) < 4.78 is 28.2. The van der Waals surface area contributed by atoms with Gasteiger partial charge in [-0.3, -0.25) is 4.79 Å². The number of hydrogen-bond donors (Lipinski definition) is 0. The summed E-state index contributed by atoms with van der Waals surface area (Å²) in [5.41, 5.74) is -0.499. The molecular formula is C12H10F2N2O. The number of halogens is 2. The minimum Gasteiger partial charge on any atom is -0.327 e. The van der Waals surface area contributed by atoms with Crippen LogP contribution in [-0.2, 0) is 6.54 Å². The molecule has 0 aliphatic heterocycles. The predicted octanol–water partition coefficient (Wildman–Crippen LogP) is 2.35. The van der Waals surface area contributed by atoms with Crippen LogP contribution in [0.5, 0.6) is 0 Å². The zero-order valence-electron chi connectivity index (χ0n) is 9.15. The molecule has 2 aromatic rings. The molecule has 0 atom stereocenters. The van der Waals surface area contributed by atoms with Crippen molar-refractivity contribution in [2.75, 3.05) is 0 Å². The fraction of sp³-hybridized carbons (Fsp3) is 0.167. The molecule has 0 amide bonds. The quantitative estimate of drug-likeness (QED) is 0.767. The van der Waals surface area contributed by atoms with Gasteiger partial charge in [0.2, 0.25) is 0 Å². The molecule has 0 saturated heterocycles. The van der Waals surface area contributed by atoms with Crippen LogP contribution in [0, 0.1) is 18.6 Å². The van der Waals surface area contributed by atoms with Crippen LogP contribution in [0.1, 0.15) is 16.2 Å². The summed E-state index contributed by atoms with van der Waals surface area (Å²) in [7, 11) is 0. The van der Waals surface area contributed by atoms with Gasteiger partial charge in [0.15, 0.2) is 5.78 Å². The zero-order valence-corrected chi connectivity index (χ0v) is 9.15. The molecule has 88 valence electrons. The highest BCUT2D eigenvalue weighted by atomic mass is 19.1. The highest BCUT2D eigenvalue weighted by Gasteiger charge is 2.17. The number of nitrogens with zero attached hydrogens (tertiary/aromatic N) is 2. The molecule has 0 spiro atoms. The number of imidazole rings is 1. The molecule has 0 N–H and O–H groups in total. The maximum absolute atomic E-state index is 13.3. The standard InChI is InChI=1S/C12H10F2N2O/c1-8-15-5-6-16(8)7-11(17)12-9(13)3-2-4-10(12)14/h2-6H,7H2,1H3. The first-order chi connectivity index (χ1) is 8.09. The van der Waals surface area contributed by atoms with Gasteiger partial charge < -0.3 is 4.57 Å². The molecule has 1 aromatic heterocycles. The third kappa shape index (κ3) is 2.22. The fourth-order valence-electron chi connectivity index (χ4n) is 1.57. The van der Waals surface area contributed by atoms with Gasteiger partial charge in [0, 0.05) is 12.4 Å². The summed E-state index contributed by atoms with van der Waals surface area (Å²) in [6.07, 6.45) is 3.12. The van der Waals surface area contributed by atoms with Gasteiger partial charge in [0.25, 0.3) is 0 Å². The SMILES string of the molecule is Cc1nccn1CC(=O)c1c(F)cccc1F. The second kappa shape index (κ2) is 4.45. The smallest absolute Gasteiger partial charge is 0.188 e. The van der Waals surface area contributed by atoms with Crippen LogP contribution in [-0.4, -0.2) is 15.3 Å². The van der Waals surface area contributed by atoms with Crippen molar-refractivity contribution >= 4 is 5.78 Å². The maximum Gasteiger partial charge on any atom is 0.188 e. The van der Waals surface area contributed by atoms with Gasteiger partial charge in [0.05, 0.1) is 12.1 Å². The molecule has 3 nitrogen and oxygen atoms in total. The summed E-state index contributed by atoms with van der Waals surface area (Å²) in [5, 5.41) is 0. The van der Waals surface area contributed by atoms with Crippen molar-refractivity contribution in [1.29, 1.82) is 0 Å². The number of Topliss-reactive ketones (excluding diaryl/α,β-unsaturated/α-hetero) is 1. The first-order valence-electron chi connectivity index (χ1n) is 5.04. The number of aryl methyl sites for hydroxylation is 1. The summed E-state index contributed by atoms with van der Waals surface area (Å²) in [4.78, 5) is 15.7. The molecule has 1 aromatic carbocycles. The average molecular weight is 236 g/mol. The van der Waals surface area contributed by atoms with E-state index in [1.807, 2.05) is 0 Å². The van der Waals surface area contributed by atoms with E-state index in [2.05, 4.69) is 4.98 Å². The van der Waals surface area contributed by atoms with Gasteiger partial charge in [-0.25, -0.2) is 13.8 Å². The average Bonchev–Trinajstić information content (AvgIpc) is 2.64. The number of carbonyl (C=O) groups is 1. The Bertz CT molecular complexity index is 543. The second-order valence-electron chi connectivity index (χ2n) is 3.62. The second-order valence-corrected chi connectivity index (χ2v) is 3.62. The van der Waals surface area contributed by atoms with Gasteiger partial charge >= 0.3 is 0 Å². The minimum absolute atomic E-state index is 0.121. The summed E-state index contributed by atoms with van der Waals surface area (Å²) >= 11 is 0. The van der Waals surface area contributed by atoms with Crippen LogP contribution in [0.2, 0.25) is 0 Å². The third-order valence-electron chi connectivity index (χ3n) is 2.48. The van der Waals surface area contributed by atoms with E-state index < -0.39 is 23.0 Å². The molecule has 0 aliphatic rings. The van der Waals surface area contributed by atoms with E-state index in [0.29, 0.717) is 5.82 Å². The van der Waals surface area contributed by atoms with E-state index in [9.17, 15) is 13.6 Å². The number of benzene rings is 1. The van der Waals surface area contributed by atoms with Crippen LogP contribution < -0.4 is 0 Å². The summed E-state index contributed by atoms with van der Waals surface area (Å²) in [6, 6.07) is 3.36. The van der Waals surface area contributed by atoms with Crippen molar-refractivity contribution in [3.63, 3.8) is 0 Å². The Morgan fingerprint density at radius 2 is 2.00 bits per heavy atom. The molecule has 17 heavy (non-hydrogen) atoms. The molecule has 0 radical (unpaired) electrons. The lowest BCUT2D eigenvalue weighted by atomic mass is 10.1.